The van der Waals surface area contributed by atoms with Crippen LogP contribution in [-0.2, 0) is 17.7 Å². The van der Waals surface area contributed by atoms with Crippen LogP contribution in [0.2, 0.25) is 22.2 Å². The van der Waals surface area contributed by atoms with Gasteiger partial charge in [0, 0.05) is 0 Å². The molecule has 5 nitrogen and oxygen atoms in total. The summed E-state index contributed by atoms with van der Waals surface area (Å²) in [4.78, 5) is 0. The Labute approximate surface area is 156 Å². The van der Waals surface area contributed by atoms with Crippen LogP contribution in [-0.4, -0.2) is 61.0 Å². The van der Waals surface area contributed by atoms with Crippen LogP contribution in [0.5, 0.6) is 0 Å². The van der Waals surface area contributed by atoms with E-state index in [0.29, 0.717) is 17.7 Å². The average molecular weight is 388 g/mol. The molecular weight excluding hydrogens is 351 g/mol. The fraction of sp³-hybridized carbons (Fsp3) is 1.00. The average Bonchev–Trinajstić information content (AvgIpc) is 2.73. The van der Waals surface area contributed by atoms with Crippen LogP contribution in [0.25, 0.3) is 0 Å². The van der Waals surface area contributed by atoms with Crippen LogP contribution < -0.4 is 0 Å². The van der Waals surface area contributed by atoms with Crippen molar-refractivity contribution in [3.63, 3.8) is 0 Å². The van der Waals surface area contributed by atoms with Gasteiger partial charge in [0.2, 0.25) is 0 Å². The Balaban J connectivity index is 2.53. The highest BCUT2D eigenvalue weighted by molar-refractivity contribution is 6.83. The molecule has 2 saturated heterocycles. The molecule has 0 aromatic heterocycles. The molecule has 1 N–H and O–H groups in total. The van der Waals surface area contributed by atoms with Gasteiger partial charge in [0.05, 0.1) is 18.7 Å². The summed E-state index contributed by atoms with van der Waals surface area (Å²) in [7, 11) is -3.25. The largest absolute Gasteiger partial charge is 0.414 e. The van der Waals surface area contributed by atoms with E-state index in [1.165, 1.54) is 0 Å². The van der Waals surface area contributed by atoms with Crippen molar-refractivity contribution in [3.05, 3.63) is 0 Å². The third-order valence-electron chi connectivity index (χ3n) is 5.90. The molecule has 2 aliphatic heterocycles. The molecule has 8 heteroatoms. The molecule has 0 spiro atoms. The molecule has 0 unspecified atom stereocenters. The van der Waals surface area contributed by atoms with Crippen molar-refractivity contribution >= 4 is 25.0 Å². The second kappa shape index (κ2) is 7.73. The molecule has 0 aromatic rings. The highest BCUT2D eigenvalue weighted by Gasteiger charge is 2.61. The summed E-state index contributed by atoms with van der Waals surface area (Å²) in [5, 5.41) is 10.6. The molecule has 0 bridgehead atoms. The van der Waals surface area contributed by atoms with Crippen LogP contribution >= 0.6 is 0 Å². The van der Waals surface area contributed by atoms with Gasteiger partial charge in [-0.2, -0.15) is 0 Å². The van der Waals surface area contributed by atoms with Gasteiger partial charge < -0.3 is 22.8 Å². The molecule has 4 atom stereocenters. The number of fused-ring (bicyclic) bond motifs is 1. The fourth-order valence-electron chi connectivity index (χ4n) is 4.34. The first-order valence-electron chi connectivity index (χ1n) is 9.83. The molecule has 0 amide bonds. The molecule has 2 rings (SSSR count). The van der Waals surface area contributed by atoms with Crippen LogP contribution in [0.15, 0.2) is 0 Å². The van der Waals surface area contributed by atoms with Gasteiger partial charge in [0.25, 0.3) is 0 Å². The Kier molecular flexibility index (Phi) is 6.68. The van der Waals surface area contributed by atoms with Gasteiger partial charge in [-0.05, 0) is 22.2 Å². The lowest BCUT2D eigenvalue weighted by molar-refractivity contribution is -0.0318. The zero-order chi connectivity index (χ0) is 19.2. The van der Waals surface area contributed by atoms with E-state index in [2.05, 4.69) is 55.4 Å². The van der Waals surface area contributed by atoms with Crippen LogP contribution in [0, 0.1) is 0 Å². The standard InChI is InChI=1S/C17H37BO5Si2/c1-10(2)24(11(3)4)20-9-14-16(15(19)17(18)21-14)22-25(23-24,12(5)6)13(7)8/h10-17,19H,9,18H2,1-8H3/t14-,15+,16-,17-/m1/s1. The molecule has 0 aliphatic carbocycles. The van der Waals surface area contributed by atoms with Gasteiger partial charge in [0.15, 0.2) is 0 Å². The Bertz CT molecular complexity index is 444. The minimum atomic E-state index is -2.64. The highest BCUT2D eigenvalue weighted by Crippen LogP contribution is 2.47. The van der Waals surface area contributed by atoms with Gasteiger partial charge in [-0.25, -0.2) is 0 Å². The molecule has 2 fully saturated rings. The molecule has 0 aromatic carbocycles. The van der Waals surface area contributed by atoms with Crippen LogP contribution in [0.1, 0.15) is 55.4 Å². The van der Waals surface area contributed by atoms with E-state index < -0.39 is 23.2 Å². The maximum atomic E-state index is 10.6. The summed E-state index contributed by atoms with van der Waals surface area (Å²) in [5.74, 6) is 0. The van der Waals surface area contributed by atoms with Crippen LogP contribution in [0.4, 0.5) is 0 Å². The third kappa shape index (κ3) is 3.68. The molecule has 0 saturated carbocycles. The van der Waals surface area contributed by atoms with Crippen molar-refractivity contribution < 1.29 is 22.8 Å². The van der Waals surface area contributed by atoms with E-state index in [-0.39, 0.29) is 29.3 Å². The first-order valence-corrected chi connectivity index (χ1v) is 13.8. The highest BCUT2D eigenvalue weighted by atomic mass is 28.5. The van der Waals surface area contributed by atoms with Crippen molar-refractivity contribution in [3.8, 4) is 0 Å². The summed E-state index contributed by atoms with van der Waals surface area (Å²) in [6.07, 6.45) is -1.21. The fourth-order valence-corrected chi connectivity index (χ4v) is 15.6. The molecular formula is C17H37BO5Si2. The molecule has 2 heterocycles. The number of hydrogen-bond donors (Lipinski definition) is 1. The normalized spacial score (nSPS) is 35.2. The van der Waals surface area contributed by atoms with E-state index in [4.69, 9.17) is 17.7 Å². The lowest BCUT2D eigenvalue weighted by Crippen LogP contribution is -2.65. The maximum Gasteiger partial charge on any atom is 0.335 e. The van der Waals surface area contributed by atoms with E-state index in [0.717, 1.165) is 0 Å². The first kappa shape index (κ1) is 21.6. The Morgan fingerprint density at radius 2 is 1.36 bits per heavy atom. The zero-order valence-electron chi connectivity index (χ0n) is 17.4. The van der Waals surface area contributed by atoms with E-state index in [1.807, 2.05) is 7.85 Å². The molecule has 25 heavy (non-hydrogen) atoms. The van der Waals surface area contributed by atoms with E-state index in [9.17, 15) is 5.11 Å². The minimum absolute atomic E-state index is 0.220. The zero-order valence-corrected chi connectivity index (χ0v) is 19.4. The second-order valence-corrected chi connectivity index (χ2v) is 17.8. The van der Waals surface area contributed by atoms with Crippen molar-refractivity contribution in [2.45, 2.75) is 102 Å². The van der Waals surface area contributed by atoms with Gasteiger partial charge in [-0.1, -0.05) is 55.4 Å². The van der Waals surface area contributed by atoms with Crippen molar-refractivity contribution in [2.24, 2.45) is 0 Å². The van der Waals surface area contributed by atoms with Crippen molar-refractivity contribution in [2.75, 3.05) is 6.61 Å². The van der Waals surface area contributed by atoms with E-state index >= 15 is 0 Å². The van der Waals surface area contributed by atoms with Crippen molar-refractivity contribution in [1.82, 2.24) is 0 Å². The van der Waals surface area contributed by atoms with Gasteiger partial charge in [-0.15, -0.1) is 0 Å². The van der Waals surface area contributed by atoms with Crippen LogP contribution in [0.3, 0.4) is 0 Å². The number of ether oxygens (including phenoxy) is 1. The smallest absolute Gasteiger partial charge is 0.335 e. The van der Waals surface area contributed by atoms with Gasteiger partial charge in [0.1, 0.15) is 20.1 Å². The summed E-state index contributed by atoms with van der Waals surface area (Å²) in [5.41, 5.74) is 1.17. The monoisotopic (exact) mass is 388 g/mol. The van der Waals surface area contributed by atoms with Crippen molar-refractivity contribution in [1.29, 1.82) is 0 Å². The molecule has 146 valence electrons. The number of aliphatic hydroxyl groups is 1. The summed E-state index contributed by atoms with van der Waals surface area (Å²) in [6, 6.07) is -0.239. The van der Waals surface area contributed by atoms with E-state index in [1.54, 1.807) is 0 Å². The Morgan fingerprint density at radius 1 is 0.880 bits per heavy atom. The quantitative estimate of drug-likeness (QED) is 0.751. The summed E-state index contributed by atoms with van der Waals surface area (Å²) >= 11 is 0. The SMILES string of the molecule is B[C@@H]1O[C@@H]2CO[Si](C(C)C)(C(C)C)O[Si](C(C)C)(C(C)C)O[C@H]2[C@@H]1O. The Morgan fingerprint density at radius 3 is 1.80 bits per heavy atom. The minimum Gasteiger partial charge on any atom is -0.414 e. The predicted molar refractivity (Wildman–Crippen MR) is 107 cm³/mol. The third-order valence-corrected chi connectivity index (χ3v) is 16.2. The lowest BCUT2D eigenvalue weighted by atomic mass is 9.93. The summed E-state index contributed by atoms with van der Waals surface area (Å²) in [6.45, 7) is 18.0. The first-order chi connectivity index (χ1) is 11.5. The lowest BCUT2D eigenvalue weighted by Gasteiger charge is -2.51. The number of rotatable bonds is 4. The predicted octanol–water partition coefficient (Wildman–Crippen LogP) is 2.66. The second-order valence-electron chi connectivity index (χ2n) is 8.93. The molecule has 2 aliphatic rings. The topological polar surface area (TPSA) is 57.2 Å². The maximum absolute atomic E-state index is 10.6. The van der Waals surface area contributed by atoms with Gasteiger partial charge in [-0.3, -0.25) is 0 Å². The number of aliphatic hydroxyl groups excluding tert-OH is 1. The Hall–Kier alpha value is 0.299. The summed E-state index contributed by atoms with van der Waals surface area (Å²) < 4.78 is 26.4. The molecule has 0 radical (unpaired) electrons. The van der Waals surface area contributed by atoms with Gasteiger partial charge >= 0.3 is 17.1 Å². The number of hydrogen-bond acceptors (Lipinski definition) is 5.